The fourth-order valence-electron chi connectivity index (χ4n) is 2.30. The van der Waals surface area contributed by atoms with Crippen molar-refractivity contribution in [3.05, 3.63) is 36.0 Å². The van der Waals surface area contributed by atoms with Crippen molar-refractivity contribution in [3.8, 4) is 0 Å². The van der Waals surface area contributed by atoms with Crippen molar-refractivity contribution in [1.82, 2.24) is 20.9 Å². The van der Waals surface area contributed by atoms with Crippen LogP contribution in [0.4, 0.5) is 4.79 Å². The van der Waals surface area contributed by atoms with Crippen molar-refractivity contribution >= 4 is 28.6 Å². The molecule has 2 aromatic rings. The number of H-pyrrole nitrogens is 1. The van der Waals surface area contributed by atoms with Gasteiger partial charge >= 0.3 is 6.03 Å². The maximum Gasteiger partial charge on any atom is 0.315 e. The zero-order chi connectivity index (χ0) is 14.8. The Hall–Kier alpha value is -2.83. The third kappa shape index (κ3) is 2.58. The van der Waals surface area contributed by atoms with E-state index in [0.29, 0.717) is 5.56 Å². The molecule has 21 heavy (non-hydrogen) atoms. The van der Waals surface area contributed by atoms with E-state index in [9.17, 15) is 14.4 Å². The second kappa shape index (κ2) is 5.28. The first-order valence-corrected chi connectivity index (χ1v) is 6.56. The molecule has 1 aliphatic heterocycles. The summed E-state index contributed by atoms with van der Waals surface area (Å²) >= 11 is 0. The van der Waals surface area contributed by atoms with Crippen LogP contribution < -0.4 is 16.0 Å². The number of Topliss-reactive ketones (excluding diaryl/α,β-unsaturated/α-hetero) is 1. The molecule has 0 radical (unpaired) electrons. The second-order valence-electron chi connectivity index (χ2n) is 4.80. The lowest BCUT2D eigenvalue weighted by atomic mass is 10.1. The summed E-state index contributed by atoms with van der Waals surface area (Å²) in [6.07, 6.45) is 1.64. The Morgan fingerprint density at radius 1 is 1.29 bits per heavy atom. The number of ketones is 1. The van der Waals surface area contributed by atoms with Gasteiger partial charge in [-0.1, -0.05) is 18.2 Å². The Bertz CT molecular complexity index is 722. The first kappa shape index (κ1) is 13.2. The molecule has 1 aromatic carbocycles. The highest BCUT2D eigenvalue weighted by Gasteiger charge is 2.26. The molecule has 2 heterocycles. The third-order valence-electron chi connectivity index (χ3n) is 3.40. The van der Waals surface area contributed by atoms with E-state index in [4.69, 9.17) is 0 Å². The molecule has 0 unspecified atom stereocenters. The Labute approximate surface area is 120 Å². The predicted molar refractivity (Wildman–Crippen MR) is 76.0 cm³/mol. The van der Waals surface area contributed by atoms with Gasteiger partial charge in [-0.05, 0) is 6.07 Å². The van der Waals surface area contributed by atoms with E-state index < -0.39 is 6.04 Å². The van der Waals surface area contributed by atoms with Crippen LogP contribution in [0.1, 0.15) is 10.4 Å². The van der Waals surface area contributed by atoms with Gasteiger partial charge in [-0.25, -0.2) is 4.79 Å². The van der Waals surface area contributed by atoms with Crippen LogP contribution in [-0.4, -0.2) is 41.8 Å². The van der Waals surface area contributed by atoms with Gasteiger partial charge in [0.1, 0.15) is 6.04 Å². The molecule has 1 aliphatic rings. The minimum absolute atomic E-state index is 0.104. The van der Waals surface area contributed by atoms with Crippen molar-refractivity contribution in [2.75, 3.05) is 13.1 Å². The first-order chi connectivity index (χ1) is 10.1. The van der Waals surface area contributed by atoms with Crippen LogP contribution in [0.3, 0.4) is 0 Å². The number of carbonyl (C=O) groups excluding carboxylic acids is 3. The molecule has 3 rings (SSSR count). The summed E-state index contributed by atoms with van der Waals surface area (Å²) in [5.74, 6) is -0.556. The molecule has 0 spiro atoms. The van der Waals surface area contributed by atoms with Crippen molar-refractivity contribution in [2.45, 2.75) is 6.04 Å². The minimum atomic E-state index is -0.631. The first-order valence-electron chi connectivity index (χ1n) is 6.56. The zero-order valence-corrected chi connectivity index (χ0v) is 11.1. The standard InChI is InChI=1S/C14H14N4O3/c19-12(7-16-13(20)11-6-17-14(21)18-11)9-5-15-10-4-2-1-3-8(9)10/h1-5,11,15H,6-7H2,(H,16,20)(H2,17,18,21)/t11-/m0/s1. The zero-order valence-electron chi connectivity index (χ0n) is 11.1. The Kier molecular flexibility index (Phi) is 3.31. The average Bonchev–Trinajstić information content (AvgIpc) is 3.10. The number of carbonyl (C=O) groups is 3. The topological polar surface area (TPSA) is 103 Å². The van der Waals surface area contributed by atoms with E-state index in [1.54, 1.807) is 6.20 Å². The number of nitrogens with one attached hydrogen (secondary N) is 4. The van der Waals surface area contributed by atoms with Gasteiger partial charge in [0.15, 0.2) is 5.78 Å². The molecule has 0 saturated carbocycles. The lowest BCUT2D eigenvalue weighted by molar-refractivity contribution is -0.122. The molecule has 1 saturated heterocycles. The van der Waals surface area contributed by atoms with E-state index in [0.717, 1.165) is 10.9 Å². The molecule has 1 atom stereocenters. The number of benzene rings is 1. The number of fused-ring (bicyclic) bond motifs is 1. The van der Waals surface area contributed by atoms with Crippen LogP contribution in [0.2, 0.25) is 0 Å². The molecule has 7 nitrogen and oxygen atoms in total. The number of hydrogen-bond acceptors (Lipinski definition) is 3. The van der Waals surface area contributed by atoms with Gasteiger partial charge in [-0.2, -0.15) is 0 Å². The maximum absolute atomic E-state index is 12.2. The largest absolute Gasteiger partial charge is 0.360 e. The Balaban J connectivity index is 1.64. The van der Waals surface area contributed by atoms with Crippen LogP contribution in [0.25, 0.3) is 10.9 Å². The van der Waals surface area contributed by atoms with E-state index in [-0.39, 0.29) is 30.8 Å². The lowest BCUT2D eigenvalue weighted by Crippen LogP contribution is -2.44. The van der Waals surface area contributed by atoms with Gasteiger partial charge < -0.3 is 20.9 Å². The molecular weight excluding hydrogens is 272 g/mol. The molecule has 1 fully saturated rings. The van der Waals surface area contributed by atoms with Gasteiger partial charge in [-0.3, -0.25) is 9.59 Å². The number of aromatic nitrogens is 1. The monoisotopic (exact) mass is 286 g/mol. The van der Waals surface area contributed by atoms with Gasteiger partial charge in [-0.15, -0.1) is 0 Å². The number of hydrogen-bond donors (Lipinski definition) is 4. The number of rotatable bonds is 4. The quantitative estimate of drug-likeness (QED) is 0.601. The number of aromatic amines is 1. The molecule has 7 heteroatoms. The van der Waals surface area contributed by atoms with Crippen LogP contribution in [0, 0.1) is 0 Å². The fourth-order valence-corrected chi connectivity index (χ4v) is 2.30. The summed E-state index contributed by atoms with van der Waals surface area (Å²) in [6, 6.07) is 6.45. The van der Waals surface area contributed by atoms with Gasteiger partial charge in [0.25, 0.3) is 0 Å². The van der Waals surface area contributed by atoms with Crippen LogP contribution in [-0.2, 0) is 4.79 Å². The summed E-state index contributed by atoms with van der Waals surface area (Å²) in [5, 5.41) is 8.32. The molecule has 1 aromatic heterocycles. The molecule has 0 bridgehead atoms. The summed E-state index contributed by atoms with van der Waals surface area (Å²) in [5.41, 5.74) is 1.42. The van der Waals surface area contributed by atoms with E-state index in [2.05, 4.69) is 20.9 Å². The van der Waals surface area contributed by atoms with E-state index in [1.807, 2.05) is 24.3 Å². The summed E-state index contributed by atoms with van der Waals surface area (Å²) in [4.78, 5) is 37.9. The fraction of sp³-hybridized carbons (Fsp3) is 0.214. The molecule has 4 N–H and O–H groups in total. The molecule has 0 aliphatic carbocycles. The predicted octanol–water partition coefficient (Wildman–Crippen LogP) is 0.148. The summed E-state index contributed by atoms with van der Waals surface area (Å²) < 4.78 is 0. The van der Waals surface area contributed by atoms with Gasteiger partial charge in [0, 0.05) is 29.2 Å². The molecular formula is C14H14N4O3. The Morgan fingerprint density at radius 2 is 2.10 bits per heavy atom. The average molecular weight is 286 g/mol. The minimum Gasteiger partial charge on any atom is -0.360 e. The molecule has 108 valence electrons. The SMILES string of the molecule is O=C1NC[C@@H](C(=O)NCC(=O)c2c[nH]c3ccccc23)N1. The van der Waals surface area contributed by atoms with Crippen LogP contribution in [0.5, 0.6) is 0 Å². The maximum atomic E-state index is 12.2. The highest BCUT2D eigenvalue weighted by atomic mass is 16.2. The Morgan fingerprint density at radius 3 is 2.86 bits per heavy atom. The smallest absolute Gasteiger partial charge is 0.315 e. The normalized spacial score (nSPS) is 17.3. The van der Waals surface area contributed by atoms with Gasteiger partial charge in [0.2, 0.25) is 5.91 Å². The van der Waals surface area contributed by atoms with Crippen LogP contribution >= 0.6 is 0 Å². The summed E-state index contributed by atoms with van der Waals surface area (Å²) in [6.45, 7) is 0.124. The highest BCUT2D eigenvalue weighted by Crippen LogP contribution is 2.17. The van der Waals surface area contributed by atoms with Crippen molar-refractivity contribution < 1.29 is 14.4 Å². The number of para-hydroxylation sites is 1. The van der Waals surface area contributed by atoms with Crippen molar-refractivity contribution in [3.63, 3.8) is 0 Å². The van der Waals surface area contributed by atoms with E-state index >= 15 is 0 Å². The highest BCUT2D eigenvalue weighted by molar-refractivity contribution is 6.09. The lowest BCUT2D eigenvalue weighted by Gasteiger charge is -2.09. The van der Waals surface area contributed by atoms with Crippen LogP contribution in [0.15, 0.2) is 30.5 Å². The summed E-state index contributed by atoms with van der Waals surface area (Å²) in [7, 11) is 0. The van der Waals surface area contributed by atoms with E-state index in [1.165, 1.54) is 0 Å². The number of urea groups is 1. The van der Waals surface area contributed by atoms with Crippen molar-refractivity contribution in [2.24, 2.45) is 0 Å². The third-order valence-corrected chi connectivity index (χ3v) is 3.40. The molecule has 3 amide bonds. The van der Waals surface area contributed by atoms with Crippen molar-refractivity contribution in [1.29, 1.82) is 0 Å². The second-order valence-corrected chi connectivity index (χ2v) is 4.80. The van der Waals surface area contributed by atoms with Gasteiger partial charge in [0.05, 0.1) is 6.54 Å². The number of amides is 3.